The van der Waals surface area contributed by atoms with Gasteiger partial charge in [-0.05, 0) is 28.8 Å². The van der Waals surface area contributed by atoms with E-state index < -0.39 is 17.6 Å². The summed E-state index contributed by atoms with van der Waals surface area (Å²) in [6, 6.07) is 27.1. The van der Waals surface area contributed by atoms with Gasteiger partial charge in [0, 0.05) is 18.5 Å². The zero-order valence-corrected chi connectivity index (χ0v) is 16.8. The zero-order chi connectivity index (χ0) is 21.0. The number of nitrogens with zero attached hydrogens (tertiary/aromatic N) is 1. The smallest absolute Gasteiger partial charge is 0.338 e. The van der Waals surface area contributed by atoms with E-state index in [-0.39, 0.29) is 0 Å². The summed E-state index contributed by atoms with van der Waals surface area (Å²) < 4.78 is 11.6. The molecular weight excluding hydrogens is 376 g/mol. The van der Waals surface area contributed by atoms with Crippen molar-refractivity contribution in [3.8, 4) is 0 Å². The van der Waals surface area contributed by atoms with Gasteiger partial charge in [-0.2, -0.15) is 0 Å². The molecule has 0 fully saturated rings. The lowest BCUT2D eigenvalue weighted by Gasteiger charge is -2.30. The fraction of sp³-hybridized carbons (Fsp3) is 0.200. The molecule has 0 spiro atoms. The number of rotatable bonds is 6. The molecule has 0 aliphatic carbocycles. The Balaban J connectivity index is 1.89. The monoisotopic (exact) mass is 400 g/mol. The van der Waals surface area contributed by atoms with E-state index in [0.29, 0.717) is 18.9 Å². The molecular formula is C25H24N2O3. The van der Waals surface area contributed by atoms with Crippen molar-refractivity contribution >= 4 is 11.9 Å². The Kier molecular flexibility index (Phi) is 5.63. The third kappa shape index (κ3) is 3.60. The summed E-state index contributed by atoms with van der Waals surface area (Å²) in [6.45, 7) is 0.333. The second-order valence-corrected chi connectivity index (χ2v) is 7.26. The number of esters is 1. The van der Waals surface area contributed by atoms with E-state index in [2.05, 4.69) is 0 Å². The largest absolute Gasteiger partial charge is 0.467 e. The van der Waals surface area contributed by atoms with Crippen molar-refractivity contribution in [1.29, 1.82) is 0 Å². The van der Waals surface area contributed by atoms with Crippen LogP contribution in [0, 0.1) is 0 Å². The molecule has 0 saturated heterocycles. The van der Waals surface area contributed by atoms with Crippen LogP contribution in [-0.4, -0.2) is 24.5 Å². The lowest BCUT2D eigenvalue weighted by Crippen LogP contribution is -2.44. The molecule has 1 aliphatic heterocycles. The molecule has 1 aliphatic rings. The first-order chi connectivity index (χ1) is 14.7. The summed E-state index contributed by atoms with van der Waals surface area (Å²) in [5.41, 5.74) is 8.28. The van der Waals surface area contributed by atoms with Crippen LogP contribution in [0.1, 0.15) is 28.4 Å². The van der Waals surface area contributed by atoms with Crippen molar-refractivity contribution in [1.82, 2.24) is 0 Å². The molecule has 2 N–H and O–H groups in total. The van der Waals surface area contributed by atoms with Gasteiger partial charge in [0.2, 0.25) is 11.4 Å². The van der Waals surface area contributed by atoms with Crippen molar-refractivity contribution in [2.45, 2.75) is 24.6 Å². The van der Waals surface area contributed by atoms with Crippen molar-refractivity contribution in [2.75, 3.05) is 7.11 Å². The average Bonchev–Trinajstić information content (AvgIpc) is 3.20. The highest BCUT2D eigenvalue weighted by atomic mass is 16.5. The van der Waals surface area contributed by atoms with Crippen LogP contribution >= 0.6 is 0 Å². The minimum absolute atomic E-state index is 0.333. The van der Waals surface area contributed by atoms with Crippen LogP contribution in [-0.2, 0) is 27.2 Å². The molecule has 30 heavy (non-hydrogen) atoms. The molecule has 1 unspecified atom stereocenters. The molecule has 0 bridgehead atoms. The highest BCUT2D eigenvalue weighted by Gasteiger charge is 2.54. The minimum Gasteiger partial charge on any atom is -0.467 e. The van der Waals surface area contributed by atoms with Crippen LogP contribution < -0.4 is 5.73 Å². The van der Waals surface area contributed by atoms with Gasteiger partial charge in [-0.3, -0.25) is 0 Å². The van der Waals surface area contributed by atoms with Gasteiger partial charge in [0.1, 0.15) is 0 Å². The SMILES string of the molecule is COC(=O)[C@@]1(Cc2ccccc2)N=C(c2ccccc2)OC1c1ccccc1CN. The van der Waals surface area contributed by atoms with E-state index in [1.54, 1.807) is 0 Å². The topological polar surface area (TPSA) is 73.9 Å². The number of carbonyl (C=O) groups is 1. The maximum atomic E-state index is 13.3. The second-order valence-electron chi connectivity index (χ2n) is 7.26. The molecule has 4 rings (SSSR count). The second kappa shape index (κ2) is 8.51. The van der Waals surface area contributed by atoms with E-state index in [1.165, 1.54) is 7.11 Å². The third-order valence-electron chi connectivity index (χ3n) is 5.40. The lowest BCUT2D eigenvalue weighted by molar-refractivity contribution is -0.150. The predicted octanol–water partition coefficient (Wildman–Crippen LogP) is 3.82. The summed E-state index contributed by atoms with van der Waals surface area (Å²) in [4.78, 5) is 18.1. The van der Waals surface area contributed by atoms with Gasteiger partial charge in [-0.1, -0.05) is 72.8 Å². The fourth-order valence-electron chi connectivity index (χ4n) is 3.93. The zero-order valence-electron chi connectivity index (χ0n) is 16.8. The first kappa shape index (κ1) is 19.9. The van der Waals surface area contributed by atoms with E-state index >= 15 is 0 Å². The molecule has 2 atom stereocenters. The summed E-state index contributed by atoms with van der Waals surface area (Å²) >= 11 is 0. The van der Waals surface area contributed by atoms with Crippen LogP contribution in [0.15, 0.2) is 89.9 Å². The maximum absolute atomic E-state index is 13.3. The first-order valence-corrected chi connectivity index (χ1v) is 9.90. The van der Waals surface area contributed by atoms with Crippen molar-refractivity contribution in [3.63, 3.8) is 0 Å². The Morgan fingerprint density at radius 2 is 1.63 bits per heavy atom. The lowest BCUT2D eigenvalue weighted by atomic mass is 9.81. The Morgan fingerprint density at radius 3 is 2.30 bits per heavy atom. The average molecular weight is 400 g/mol. The van der Waals surface area contributed by atoms with Gasteiger partial charge < -0.3 is 15.2 Å². The molecule has 0 amide bonds. The number of carbonyl (C=O) groups excluding carboxylic acids is 1. The van der Waals surface area contributed by atoms with E-state index in [4.69, 9.17) is 20.2 Å². The van der Waals surface area contributed by atoms with E-state index in [9.17, 15) is 4.79 Å². The molecule has 3 aromatic carbocycles. The Labute approximate surface area is 176 Å². The number of hydrogen-bond acceptors (Lipinski definition) is 5. The molecule has 0 radical (unpaired) electrons. The van der Waals surface area contributed by atoms with Gasteiger partial charge in [0.15, 0.2) is 6.10 Å². The number of ether oxygens (including phenoxy) is 2. The molecule has 0 aromatic heterocycles. The highest BCUT2D eigenvalue weighted by Crippen LogP contribution is 2.43. The summed E-state index contributed by atoms with van der Waals surface area (Å²) in [5, 5.41) is 0. The molecule has 1 heterocycles. The fourth-order valence-corrected chi connectivity index (χ4v) is 3.93. The molecule has 0 saturated carbocycles. The van der Waals surface area contributed by atoms with Crippen molar-refractivity contribution < 1.29 is 14.3 Å². The van der Waals surface area contributed by atoms with Gasteiger partial charge >= 0.3 is 5.97 Å². The quantitative estimate of drug-likeness (QED) is 0.639. The summed E-state index contributed by atoms with van der Waals surface area (Å²) in [7, 11) is 1.39. The van der Waals surface area contributed by atoms with Crippen molar-refractivity contribution in [3.05, 3.63) is 107 Å². The Bertz CT molecular complexity index is 1050. The summed E-state index contributed by atoms with van der Waals surface area (Å²) in [5.74, 6) is -0.0112. The minimum atomic E-state index is -1.26. The van der Waals surface area contributed by atoms with E-state index in [1.807, 2.05) is 84.9 Å². The van der Waals surface area contributed by atoms with E-state index in [0.717, 1.165) is 22.3 Å². The molecule has 3 aromatic rings. The molecule has 5 nitrogen and oxygen atoms in total. The number of nitrogens with two attached hydrogens (primary N) is 1. The highest BCUT2D eigenvalue weighted by molar-refractivity contribution is 5.99. The van der Waals surface area contributed by atoms with Crippen molar-refractivity contribution in [2.24, 2.45) is 10.7 Å². The Morgan fingerprint density at radius 1 is 1.00 bits per heavy atom. The number of benzene rings is 3. The molecule has 5 heteroatoms. The molecule has 152 valence electrons. The van der Waals surface area contributed by atoms with Crippen LogP contribution in [0.3, 0.4) is 0 Å². The van der Waals surface area contributed by atoms with Gasteiger partial charge in [-0.25, -0.2) is 9.79 Å². The van der Waals surface area contributed by atoms with Crippen LogP contribution in [0.5, 0.6) is 0 Å². The van der Waals surface area contributed by atoms with Crippen LogP contribution in [0.2, 0.25) is 0 Å². The van der Waals surface area contributed by atoms with Gasteiger partial charge in [-0.15, -0.1) is 0 Å². The van der Waals surface area contributed by atoms with Crippen LogP contribution in [0.25, 0.3) is 0 Å². The first-order valence-electron chi connectivity index (χ1n) is 9.90. The summed E-state index contributed by atoms with van der Waals surface area (Å²) in [6.07, 6.45) is -0.305. The maximum Gasteiger partial charge on any atom is 0.338 e. The number of aliphatic imine (C=N–C) groups is 1. The number of hydrogen-bond donors (Lipinski definition) is 1. The van der Waals surface area contributed by atoms with Gasteiger partial charge in [0.25, 0.3) is 0 Å². The normalized spacial score (nSPS) is 20.3. The predicted molar refractivity (Wildman–Crippen MR) is 116 cm³/mol. The Hall–Kier alpha value is -3.44. The third-order valence-corrected chi connectivity index (χ3v) is 5.40. The van der Waals surface area contributed by atoms with Crippen LogP contribution in [0.4, 0.5) is 0 Å². The van der Waals surface area contributed by atoms with Gasteiger partial charge in [0.05, 0.1) is 7.11 Å². The standard InChI is InChI=1S/C25H24N2O3/c1-29-24(28)25(16-18-10-4-2-5-11-18)22(21-15-9-8-14-20(21)17-26)30-23(27-25)19-12-6-3-7-13-19/h2-15,22H,16-17,26H2,1H3/t22?,25-/m0/s1. The number of methoxy groups -OCH3 is 1.